The predicted molar refractivity (Wildman–Crippen MR) is 138 cm³/mol. The summed E-state index contributed by atoms with van der Waals surface area (Å²) in [6.07, 6.45) is -1.25. The number of rotatable bonds is 3. The Hall–Kier alpha value is -4.53. The summed E-state index contributed by atoms with van der Waals surface area (Å²) < 4.78 is 0. The molecule has 4 amide bonds. The van der Waals surface area contributed by atoms with Crippen LogP contribution in [-0.4, -0.2) is 39.8 Å². The molecule has 0 spiro atoms. The number of amides is 4. The van der Waals surface area contributed by atoms with Gasteiger partial charge in [-0.2, -0.15) is 10.0 Å². The molecule has 0 bridgehead atoms. The van der Waals surface area contributed by atoms with Gasteiger partial charge in [-0.15, -0.1) is 0 Å². The van der Waals surface area contributed by atoms with Crippen molar-refractivity contribution in [1.82, 2.24) is 10.0 Å². The van der Waals surface area contributed by atoms with E-state index in [1.165, 1.54) is 5.06 Å². The Balaban J connectivity index is 1.33. The van der Waals surface area contributed by atoms with Crippen molar-refractivity contribution in [2.75, 3.05) is 5.06 Å². The highest BCUT2D eigenvalue weighted by molar-refractivity contribution is 6.31. The van der Waals surface area contributed by atoms with Crippen LogP contribution in [0.2, 0.25) is 5.02 Å². The predicted octanol–water partition coefficient (Wildman–Crippen LogP) is 4.55. The van der Waals surface area contributed by atoms with Crippen LogP contribution in [0.15, 0.2) is 91.0 Å². The van der Waals surface area contributed by atoms with Crippen LogP contribution < -0.4 is 5.06 Å². The molecular weight excluding hydrogens is 506 g/mol. The van der Waals surface area contributed by atoms with Crippen LogP contribution in [0.25, 0.3) is 10.8 Å². The lowest BCUT2D eigenvalue weighted by Crippen LogP contribution is -2.55. The Kier molecular flexibility index (Phi) is 4.91. The van der Waals surface area contributed by atoms with E-state index in [0.717, 1.165) is 5.39 Å². The highest BCUT2D eigenvalue weighted by atomic mass is 35.5. The molecule has 8 nitrogen and oxygen atoms in total. The number of benzene rings is 4. The first-order chi connectivity index (χ1) is 18.5. The molecule has 9 heteroatoms. The van der Waals surface area contributed by atoms with Gasteiger partial charge in [-0.1, -0.05) is 72.3 Å². The van der Waals surface area contributed by atoms with E-state index in [0.29, 0.717) is 31.7 Å². The molecule has 3 heterocycles. The smallest absolute Gasteiger partial charge is 0.272 e. The molecule has 2 saturated heterocycles. The Morgan fingerprint density at radius 1 is 0.658 bits per heavy atom. The van der Waals surface area contributed by atoms with Crippen LogP contribution in [-0.2, 0) is 14.4 Å². The number of hydrogen-bond acceptors (Lipinski definition) is 6. The van der Waals surface area contributed by atoms with Crippen LogP contribution in [0.3, 0.4) is 0 Å². The molecule has 0 saturated carbocycles. The maximum Gasteiger partial charge on any atom is 0.281 e. The summed E-state index contributed by atoms with van der Waals surface area (Å²) >= 11 is 6.55. The number of halogens is 1. The van der Waals surface area contributed by atoms with Crippen molar-refractivity contribution in [3.8, 4) is 0 Å². The zero-order valence-corrected chi connectivity index (χ0v) is 20.4. The minimum absolute atomic E-state index is 0.241. The second-order valence-electron chi connectivity index (χ2n) is 9.30. The summed E-state index contributed by atoms with van der Waals surface area (Å²) in [5, 5.41) is 4.44. The first-order valence-electron chi connectivity index (χ1n) is 12.0. The number of imide groups is 2. The fraction of sp³-hybridized carbons (Fsp3) is 0.103. The molecule has 0 aliphatic carbocycles. The van der Waals surface area contributed by atoms with Gasteiger partial charge in [-0.05, 0) is 41.3 Å². The van der Waals surface area contributed by atoms with E-state index in [4.69, 9.17) is 16.4 Å². The van der Waals surface area contributed by atoms with Crippen molar-refractivity contribution in [3.63, 3.8) is 0 Å². The quantitative estimate of drug-likeness (QED) is 0.366. The lowest BCUT2D eigenvalue weighted by atomic mass is 9.90. The molecule has 7 rings (SSSR count). The van der Waals surface area contributed by atoms with E-state index < -0.39 is 41.7 Å². The second kappa shape index (κ2) is 8.24. The van der Waals surface area contributed by atoms with Crippen LogP contribution in [0.1, 0.15) is 32.3 Å². The molecule has 3 aliphatic rings. The van der Waals surface area contributed by atoms with E-state index in [9.17, 15) is 19.2 Å². The van der Waals surface area contributed by atoms with Crippen molar-refractivity contribution in [2.45, 2.75) is 12.1 Å². The first kappa shape index (κ1) is 22.7. The van der Waals surface area contributed by atoms with Gasteiger partial charge in [0.2, 0.25) is 0 Å². The third kappa shape index (κ3) is 3.01. The molecule has 0 unspecified atom stereocenters. The highest BCUT2D eigenvalue weighted by Gasteiger charge is 2.63. The van der Waals surface area contributed by atoms with Crippen molar-refractivity contribution in [2.24, 2.45) is 5.92 Å². The summed E-state index contributed by atoms with van der Waals surface area (Å²) in [4.78, 5) is 61.1. The number of carbonyl (C=O) groups excluding carboxylic acids is 4. The first-order valence-corrected chi connectivity index (χ1v) is 12.4. The van der Waals surface area contributed by atoms with Gasteiger partial charge in [0, 0.05) is 10.4 Å². The third-order valence-electron chi connectivity index (χ3n) is 7.28. The van der Waals surface area contributed by atoms with Crippen LogP contribution in [0, 0.1) is 5.92 Å². The molecule has 2 fully saturated rings. The van der Waals surface area contributed by atoms with Gasteiger partial charge in [0.1, 0.15) is 5.92 Å². The summed E-state index contributed by atoms with van der Waals surface area (Å²) in [7, 11) is 0. The number of fused-ring (bicyclic) bond motifs is 1. The Bertz CT molecular complexity index is 1640. The molecule has 38 heavy (non-hydrogen) atoms. The van der Waals surface area contributed by atoms with Crippen molar-refractivity contribution >= 4 is 51.7 Å². The average Bonchev–Trinajstić information content (AvgIpc) is 3.44. The lowest BCUT2D eigenvalue weighted by Gasteiger charge is -2.34. The number of carbonyl (C=O) groups is 4. The van der Waals surface area contributed by atoms with Crippen LogP contribution in [0.4, 0.5) is 5.69 Å². The molecule has 4 aromatic rings. The zero-order valence-electron chi connectivity index (χ0n) is 19.7. The summed E-state index contributed by atoms with van der Waals surface area (Å²) in [6.45, 7) is 0. The maximum absolute atomic E-state index is 14.0. The van der Waals surface area contributed by atoms with Crippen molar-refractivity contribution < 1.29 is 24.0 Å². The molecule has 0 N–H and O–H groups in total. The van der Waals surface area contributed by atoms with Gasteiger partial charge >= 0.3 is 0 Å². The third-order valence-corrected chi connectivity index (χ3v) is 7.62. The lowest BCUT2D eigenvalue weighted by molar-refractivity contribution is -0.154. The topological polar surface area (TPSA) is 87.2 Å². The average molecular weight is 524 g/mol. The van der Waals surface area contributed by atoms with Gasteiger partial charge in [0.25, 0.3) is 23.6 Å². The molecule has 0 radical (unpaired) electrons. The largest absolute Gasteiger partial charge is 0.281 e. The van der Waals surface area contributed by atoms with E-state index >= 15 is 0 Å². The number of anilines is 1. The molecule has 3 atom stereocenters. The summed E-state index contributed by atoms with van der Waals surface area (Å²) in [5.74, 6) is -4.03. The van der Waals surface area contributed by atoms with Gasteiger partial charge in [0.15, 0.2) is 6.10 Å². The fourth-order valence-electron chi connectivity index (χ4n) is 5.63. The molecule has 0 aromatic heterocycles. The summed E-state index contributed by atoms with van der Waals surface area (Å²) in [6, 6.07) is 25.5. The second-order valence-corrected chi connectivity index (χ2v) is 9.71. The van der Waals surface area contributed by atoms with Gasteiger partial charge in [-0.3, -0.25) is 24.0 Å². The van der Waals surface area contributed by atoms with Gasteiger partial charge < -0.3 is 0 Å². The Morgan fingerprint density at radius 2 is 1.29 bits per heavy atom. The SMILES string of the molecule is O=C1c2cccc3cccc(c23)C(=O)N1N1C(=O)[C@H]2[C@H](ON(c3ccccc3)[C@H]2c2ccccc2Cl)C1=O. The van der Waals surface area contributed by atoms with Crippen LogP contribution >= 0.6 is 11.6 Å². The molecule has 3 aliphatic heterocycles. The Morgan fingerprint density at radius 3 is 1.95 bits per heavy atom. The number of hydrazine groups is 1. The van der Waals surface area contributed by atoms with Crippen molar-refractivity contribution in [1.29, 1.82) is 0 Å². The minimum Gasteiger partial charge on any atom is -0.272 e. The number of nitrogens with zero attached hydrogens (tertiary/aromatic N) is 3. The van der Waals surface area contributed by atoms with Gasteiger partial charge in [-0.25, -0.2) is 5.06 Å². The van der Waals surface area contributed by atoms with E-state index in [1.54, 1.807) is 72.8 Å². The molecular formula is C29H18ClN3O5. The van der Waals surface area contributed by atoms with Gasteiger partial charge in [0.05, 0.1) is 22.9 Å². The Labute approximate surface area is 221 Å². The standard InChI is InChI=1S/C29H18ClN3O5/c30-21-15-5-4-12-18(21)24-23-25(38-33(24)17-10-2-1-3-11-17)29(37)32(28(23)36)31-26(34)19-13-6-8-16-9-7-14-20(22(16)19)27(31)35/h1-15,23-25H/t23-,24+,25+/m1/s1. The fourth-order valence-corrected chi connectivity index (χ4v) is 5.87. The maximum atomic E-state index is 14.0. The number of para-hydroxylation sites is 1. The van der Waals surface area contributed by atoms with Crippen molar-refractivity contribution in [3.05, 3.63) is 113 Å². The molecule has 186 valence electrons. The normalized spacial score (nSPS) is 22.6. The molecule has 4 aromatic carbocycles. The monoisotopic (exact) mass is 523 g/mol. The van der Waals surface area contributed by atoms with Crippen LogP contribution in [0.5, 0.6) is 0 Å². The van der Waals surface area contributed by atoms with E-state index in [-0.39, 0.29) is 11.1 Å². The van der Waals surface area contributed by atoms with E-state index in [2.05, 4.69) is 0 Å². The number of hydroxylamine groups is 1. The van der Waals surface area contributed by atoms with E-state index in [1.807, 2.05) is 18.2 Å². The number of hydrogen-bond donors (Lipinski definition) is 0. The summed E-state index contributed by atoms with van der Waals surface area (Å²) in [5.41, 5.74) is 1.69. The zero-order chi connectivity index (χ0) is 26.1. The highest BCUT2D eigenvalue weighted by Crippen LogP contribution is 2.49. The minimum atomic E-state index is -1.25.